The molecule has 122 valence electrons. The molecule has 1 amide bonds. The number of aromatic nitrogens is 2. The third-order valence-electron chi connectivity index (χ3n) is 3.77. The predicted octanol–water partition coefficient (Wildman–Crippen LogP) is 1.93. The van der Waals surface area contributed by atoms with Gasteiger partial charge in [-0.1, -0.05) is 12.8 Å². The summed E-state index contributed by atoms with van der Waals surface area (Å²) in [5.41, 5.74) is 1.28. The molecule has 0 bridgehead atoms. The molecule has 0 unspecified atom stereocenters. The molecule has 0 aliphatic carbocycles. The molecule has 6 nitrogen and oxygen atoms in total. The number of anilines is 1. The molecule has 1 aliphatic rings. The van der Waals surface area contributed by atoms with E-state index in [0.717, 1.165) is 38.0 Å². The summed E-state index contributed by atoms with van der Waals surface area (Å²) in [6.45, 7) is 5.08. The van der Waals surface area contributed by atoms with Crippen molar-refractivity contribution in [3.8, 4) is 0 Å². The summed E-state index contributed by atoms with van der Waals surface area (Å²) in [4.78, 5) is 23.4. The number of rotatable bonds is 6. The minimum absolute atomic E-state index is 0.141. The van der Waals surface area contributed by atoms with Gasteiger partial charge in [0, 0.05) is 39.0 Å². The average molecular weight is 306 g/mol. The number of amides is 1. The lowest BCUT2D eigenvalue weighted by Gasteiger charge is -2.21. The molecule has 1 N–H and O–H groups in total. The van der Waals surface area contributed by atoms with E-state index in [1.807, 2.05) is 6.92 Å². The Balaban J connectivity index is 2.03. The number of nitrogens with zero attached hydrogens (tertiary/aromatic N) is 3. The van der Waals surface area contributed by atoms with Crippen LogP contribution in [0.5, 0.6) is 0 Å². The monoisotopic (exact) mass is 306 g/mol. The fourth-order valence-electron chi connectivity index (χ4n) is 2.59. The molecule has 0 radical (unpaired) electrons. The molecule has 0 spiro atoms. The second-order valence-electron chi connectivity index (χ2n) is 5.70. The highest BCUT2D eigenvalue weighted by atomic mass is 16.5. The fraction of sp³-hybridized carbons (Fsp3) is 0.688. The van der Waals surface area contributed by atoms with Gasteiger partial charge in [-0.05, 0) is 32.3 Å². The van der Waals surface area contributed by atoms with Crippen molar-refractivity contribution >= 4 is 11.9 Å². The molecule has 6 heteroatoms. The van der Waals surface area contributed by atoms with Gasteiger partial charge in [0.25, 0.3) is 5.91 Å². The first-order chi connectivity index (χ1) is 10.7. The molecule has 1 fully saturated rings. The van der Waals surface area contributed by atoms with Gasteiger partial charge in [-0.15, -0.1) is 0 Å². The Labute approximate surface area is 132 Å². The van der Waals surface area contributed by atoms with Crippen molar-refractivity contribution in [3.05, 3.63) is 17.5 Å². The zero-order chi connectivity index (χ0) is 15.8. The predicted molar refractivity (Wildman–Crippen MR) is 86.3 cm³/mol. The van der Waals surface area contributed by atoms with E-state index in [0.29, 0.717) is 24.8 Å². The number of carbonyl (C=O) groups is 1. The van der Waals surface area contributed by atoms with Gasteiger partial charge in [0.1, 0.15) is 5.69 Å². The van der Waals surface area contributed by atoms with Crippen molar-refractivity contribution in [2.24, 2.45) is 0 Å². The third kappa shape index (κ3) is 4.94. The number of methoxy groups -OCH3 is 1. The van der Waals surface area contributed by atoms with Crippen LogP contribution in [0, 0.1) is 6.92 Å². The smallest absolute Gasteiger partial charge is 0.270 e. The second kappa shape index (κ2) is 8.68. The summed E-state index contributed by atoms with van der Waals surface area (Å²) >= 11 is 0. The standard InChI is InChI=1S/C16H26N4O2/c1-13-12-14(15(21)17-8-7-11-22-2)19-16(18-13)20-9-5-3-4-6-10-20/h12H,3-11H2,1-2H3,(H,17,21). The van der Waals surface area contributed by atoms with Crippen LogP contribution in [0.15, 0.2) is 6.07 Å². The number of hydrogen-bond acceptors (Lipinski definition) is 5. The van der Waals surface area contributed by atoms with Crippen LogP contribution in [0.3, 0.4) is 0 Å². The van der Waals surface area contributed by atoms with Gasteiger partial charge in [0.2, 0.25) is 5.95 Å². The molecule has 1 saturated heterocycles. The minimum atomic E-state index is -0.141. The summed E-state index contributed by atoms with van der Waals surface area (Å²) < 4.78 is 4.98. The first kappa shape index (κ1) is 16.7. The number of ether oxygens (including phenoxy) is 1. The van der Waals surface area contributed by atoms with Crippen molar-refractivity contribution in [3.63, 3.8) is 0 Å². The van der Waals surface area contributed by atoms with Gasteiger partial charge in [-0.2, -0.15) is 0 Å². The summed E-state index contributed by atoms with van der Waals surface area (Å²) in [5.74, 6) is 0.543. The number of nitrogens with one attached hydrogen (secondary N) is 1. The third-order valence-corrected chi connectivity index (χ3v) is 3.77. The fourth-order valence-corrected chi connectivity index (χ4v) is 2.59. The number of aryl methyl sites for hydroxylation is 1. The summed E-state index contributed by atoms with van der Waals surface area (Å²) in [7, 11) is 1.66. The van der Waals surface area contributed by atoms with E-state index in [-0.39, 0.29) is 5.91 Å². The van der Waals surface area contributed by atoms with Crippen molar-refractivity contribution in [2.75, 3.05) is 38.3 Å². The molecule has 0 atom stereocenters. The van der Waals surface area contributed by atoms with E-state index in [1.54, 1.807) is 13.2 Å². The topological polar surface area (TPSA) is 67.3 Å². The summed E-state index contributed by atoms with van der Waals surface area (Å²) in [6, 6.07) is 1.74. The van der Waals surface area contributed by atoms with Gasteiger partial charge in [-0.3, -0.25) is 4.79 Å². The highest BCUT2D eigenvalue weighted by Gasteiger charge is 2.16. The first-order valence-corrected chi connectivity index (χ1v) is 8.08. The van der Waals surface area contributed by atoms with Crippen LogP contribution >= 0.6 is 0 Å². The molecule has 22 heavy (non-hydrogen) atoms. The Morgan fingerprint density at radius 3 is 2.68 bits per heavy atom. The Bertz CT molecular complexity index is 485. The van der Waals surface area contributed by atoms with Crippen molar-refractivity contribution in [1.29, 1.82) is 0 Å². The van der Waals surface area contributed by atoms with Crippen LogP contribution in [0.25, 0.3) is 0 Å². The van der Waals surface area contributed by atoms with E-state index in [2.05, 4.69) is 20.2 Å². The van der Waals surface area contributed by atoms with E-state index in [9.17, 15) is 4.79 Å². The van der Waals surface area contributed by atoms with Crippen LogP contribution in [-0.4, -0.2) is 49.2 Å². The molecule has 0 aromatic carbocycles. The van der Waals surface area contributed by atoms with Gasteiger partial charge in [0.05, 0.1) is 0 Å². The largest absolute Gasteiger partial charge is 0.385 e. The molecule has 1 aromatic heterocycles. The molecule has 1 aromatic rings. The second-order valence-corrected chi connectivity index (χ2v) is 5.70. The molecule has 2 rings (SSSR count). The maximum Gasteiger partial charge on any atom is 0.270 e. The maximum absolute atomic E-state index is 12.2. The van der Waals surface area contributed by atoms with Crippen LogP contribution in [0.4, 0.5) is 5.95 Å². The lowest BCUT2D eigenvalue weighted by Crippen LogP contribution is -2.29. The highest BCUT2D eigenvalue weighted by Crippen LogP contribution is 2.16. The maximum atomic E-state index is 12.2. The van der Waals surface area contributed by atoms with Crippen LogP contribution in [0.2, 0.25) is 0 Å². The molecule has 1 aliphatic heterocycles. The minimum Gasteiger partial charge on any atom is -0.385 e. The van der Waals surface area contributed by atoms with E-state index < -0.39 is 0 Å². The average Bonchev–Trinajstić information content (AvgIpc) is 2.80. The molecular weight excluding hydrogens is 280 g/mol. The lowest BCUT2D eigenvalue weighted by molar-refractivity contribution is 0.0943. The molecular formula is C16H26N4O2. The number of hydrogen-bond donors (Lipinski definition) is 1. The van der Waals surface area contributed by atoms with Crippen molar-refractivity contribution in [1.82, 2.24) is 15.3 Å². The van der Waals surface area contributed by atoms with Crippen LogP contribution in [-0.2, 0) is 4.74 Å². The Morgan fingerprint density at radius 2 is 2.00 bits per heavy atom. The van der Waals surface area contributed by atoms with Crippen molar-refractivity contribution < 1.29 is 9.53 Å². The molecule has 2 heterocycles. The van der Waals surface area contributed by atoms with E-state index >= 15 is 0 Å². The van der Waals surface area contributed by atoms with E-state index in [1.165, 1.54) is 12.8 Å². The Morgan fingerprint density at radius 1 is 1.27 bits per heavy atom. The van der Waals surface area contributed by atoms with Crippen LogP contribution in [0.1, 0.15) is 48.3 Å². The zero-order valence-electron chi connectivity index (χ0n) is 13.6. The van der Waals surface area contributed by atoms with Gasteiger partial charge in [-0.25, -0.2) is 9.97 Å². The quantitative estimate of drug-likeness (QED) is 0.813. The first-order valence-electron chi connectivity index (χ1n) is 8.08. The normalized spacial score (nSPS) is 15.5. The Kier molecular flexibility index (Phi) is 6.58. The van der Waals surface area contributed by atoms with Crippen LogP contribution < -0.4 is 10.2 Å². The number of carbonyl (C=O) groups excluding carboxylic acids is 1. The van der Waals surface area contributed by atoms with E-state index in [4.69, 9.17) is 4.74 Å². The van der Waals surface area contributed by atoms with Gasteiger partial charge in [0.15, 0.2) is 0 Å². The summed E-state index contributed by atoms with van der Waals surface area (Å²) in [6.07, 6.45) is 5.64. The van der Waals surface area contributed by atoms with Gasteiger partial charge < -0.3 is 15.0 Å². The van der Waals surface area contributed by atoms with Gasteiger partial charge >= 0.3 is 0 Å². The Hall–Kier alpha value is -1.69. The highest BCUT2D eigenvalue weighted by molar-refractivity contribution is 5.92. The lowest BCUT2D eigenvalue weighted by atomic mass is 10.2. The zero-order valence-corrected chi connectivity index (χ0v) is 13.6. The molecule has 0 saturated carbocycles. The SMILES string of the molecule is COCCCNC(=O)c1cc(C)nc(N2CCCCCC2)n1. The summed E-state index contributed by atoms with van der Waals surface area (Å²) in [5, 5.41) is 2.88. The van der Waals surface area contributed by atoms with Crippen molar-refractivity contribution in [2.45, 2.75) is 39.0 Å².